The van der Waals surface area contributed by atoms with Gasteiger partial charge in [-0.3, -0.25) is 0 Å². The Bertz CT molecular complexity index is 302. The Hall–Kier alpha value is -0.0500. The highest BCUT2D eigenvalue weighted by atomic mass is 35.5. The minimum absolute atomic E-state index is 0.133. The van der Waals surface area contributed by atoms with E-state index in [1.807, 2.05) is 11.4 Å². The molecule has 14 heavy (non-hydrogen) atoms. The number of thiophene rings is 1. The second-order valence-electron chi connectivity index (χ2n) is 4.23. The number of halogens is 1. The zero-order chi connectivity index (χ0) is 10.0. The smallest absolute Gasteiger partial charge is 0.0545 e. The van der Waals surface area contributed by atoms with Gasteiger partial charge < -0.3 is 5.11 Å². The molecule has 1 aromatic heterocycles. The van der Waals surface area contributed by atoms with Crippen LogP contribution < -0.4 is 0 Å². The van der Waals surface area contributed by atoms with Gasteiger partial charge in [-0.05, 0) is 36.1 Å². The lowest BCUT2D eigenvalue weighted by atomic mass is 9.83. The Morgan fingerprint density at radius 1 is 1.43 bits per heavy atom. The van der Waals surface area contributed by atoms with Gasteiger partial charge in [0.15, 0.2) is 0 Å². The first-order valence-corrected chi connectivity index (χ1v) is 6.34. The van der Waals surface area contributed by atoms with Crippen LogP contribution in [0.5, 0.6) is 0 Å². The van der Waals surface area contributed by atoms with Crippen LogP contribution in [0, 0.1) is 5.41 Å². The zero-order valence-corrected chi connectivity index (χ0v) is 9.70. The molecule has 0 spiro atoms. The van der Waals surface area contributed by atoms with E-state index in [9.17, 15) is 5.11 Å². The third-order valence-electron chi connectivity index (χ3n) is 3.23. The van der Waals surface area contributed by atoms with Crippen molar-refractivity contribution in [2.75, 3.05) is 6.61 Å². The molecule has 0 bridgehead atoms. The van der Waals surface area contributed by atoms with Gasteiger partial charge in [0.25, 0.3) is 0 Å². The molecule has 1 fully saturated rings. The van der Waals surface area contributed by atoms with Crippen molar-refractivity contribution in [3.8, 4) is 0 Å². The molecule has 0 aromatic carbocycles. The fourth-order valence-corrected chi connectivity index (χ4v) is 3.58. The van der Waals surface area contributed by atoms with Crippen LogP contribution in [0.2, 0.25) is 5.02 Å². The Kier molecular flexibility index (Phi) is 3.15. The maximum Gasteiger partial charge on any atom is 0.0545 e. The van der Waals surface area contributed by atoms with Gasteiger partial charge in [-0.15, -0.1) is 11.3 Å². The van der Waals surface area contributed by atoms with Crippen LogP contribution >= 0.6 is 22.9 Å². The summed E-state index contributed by atoms with van der Waals surface area (Å²) < 4.78 is 0. The van der Waals surface area contributed by atoms with Gasteiger partial charge in [0.1, 0.15) is 0 Å². The van der Waals surface area contributed by atoms with Crippen molar-refractivity contribution in [1.29, 1.82) is 0 Å². The monoisotopic (exact) mass is 230 g/mol. The van der Waals surface area contributed by atoms with E-state index in [-0.39, 0.29) is 5.41 Å². The molecule has 1 saturated carbocycles. The van der Waals surface area contributed by atoms with Crippen molar-refractivity contribution in [1.82, 2.24) is 0 Å². The van der Waals surface area contributed by atoms with Crippen LogP contribution in [0.1, 0.15) is 30.6 Å². The molecule has 0 radical (unpaired) electrons. The highest BCUT2D eigenvalue weighted by Crippen LogP contribution is 2.42. The predicted molar refractivity (Wildman–Crippen MR) is 61.0 cm³/mol. The fraction of sp³-hybridized carbons (Fsp3) is 0.636. The Morgan fingerprint density at radius 3 is 2.64 bits per heavy atom. The quantitative estimate of drug-likeness (QED) is 0.843. The van der Waals surface area contributed by atoms with Crippen molar-refractivity contribution in [2.24, 2.45) is 5.41 Å². The molecule has 1 aromatic rings. The second-order valence-corrected chi connectivity index (χ2v) is 5.64. The topological polar surface area (TPSA) is 20.2 Å². The van der Waals surface area contributed by atoms with Gasteiger partial charge in [0.05, 0.1) is 5.02 Å². The van der Waals surface area contributed by atoms with E-state index in [2.05, 4.69) is 0 Å². The fourth-order valence-electron chi connectivity index (χ4n) is 2.31. The highest BCUT2D eigenvalue weighted by Gasteiger charge is 2.34. The lowest BCUT2D eigenvalue weighted by Gasteiger charge is -2.25. The van der Waals surface area contributed by atoms with Gasteiger partial charge in [0.2, 0.25) is 0 Å². The summed E-state index contributed by atoms with van der Waals surface area (Å²) in [5.41, 5.74) is 0.133. The van der Waals surface area contributed by atoms with Crippen molar-refractivity contribution in [2.45, 2.75) is 32.1 Å². The number of hydrogen-bond acceptors (Lipinski definition) is 2. The highest BCUT2D eigenvalue weighted by molar-refractivity contribution is 7.10. The van der Waals surface area contributed by atoms with Crippen molar-refractivity contribution in [3.05, 3.63) is 21.3 Å². The molecule has 1 aliphatic carbocycles. The van der Waals surface area contributed by atoms with Gasteiger partial charge >= 0.3 is 0 Å². The zero-order valence-electron chi connectivity index (χ0n) is 8.13. The number of aliphatic hydroxyl groups is 1. The van der Waals surface area contributed by atoms with E-state index in [1.54, 1.807) is 11.3 Å². The molecule has 0 atom stereocenters. The summed E-state index contributed by atoms with van der Waals surface area (Å²) in [6.07, 6.45) is 5.77. The summed E-state index contributed by atoms with van der Waals surface area (Å²) in [5.74, 6) is 0. The van der Waals surface area contributed by atoms with Gasteiger partial charge in [0, 0.05) is 11.5 Å². The van der Waals surface area contributed by atoms with E-state index in [0.717, 1.165) is 24.3 Å². The Labute approximate surface area is 93.7 Å². The van der Waals surface area contributed by atoms with Crippen LogP contribution in [0.3, 0.4) is 0 Å². The van der Waals surface area contributed by atoms with Gasteiger partial charge in [-0.2, -0.15) is 0 Å². The third-order valence-corrected chi connectivity index (χ3v) is 4.61. The average molecular weight is 231 g/mol. The summed E-state index contributed by atoms with van der Waals surface area (Å²) in [6, 6.07) is 1.95. The minimum atomic E-state index is 0.133. The Balaban J connectivity index is 2.12. The van der Waals surface area contributed by atoms with Crippen molar-refractivity contribution < 1.29 is 5.11 Å². The van der Waals surface area contributed by atoms with Crippen LogP contribution in [0.25, 0.3) is 0 Å². The SMILES string of the molecule is OCC1(Cc2sccc2Cl)CCCC1. The minimum Gasteiger partial charge on any atom is -0.396 e. The molecular formula is C11H15ClOS. The molecule has 0 saturated heterocycles. The molecule has 0 unspecified atom stereocenters. The first kappa shape index (κ1) is 10.5. The molecular weight excluding hydrogens is 216 g/mol. The predicted octanol–water partition coefficient (Wildman–Crippen LogP) is 3.50. The van der Waals surface area contributed by atoms with Crippen LogP contribution in [0.4, 0.5) is 0 Å². The molecule has 1 heterocycles. The van der Waals surface area contributed by atoms with Crippen LogP contribution in [-0.2, 0) is 6.42 Å². The lowest BCUT2D eigenvalue weighted by molar-refractivity contribution is 0.131. The largest absolute Gasteiger partial charge is 0.396 e. The number of hydrogen-bond donors (Lipinski definition) is 1. The van der Waals surface area contributed by atoms with Crippen molar-refractivity contribution in [3.63, 3.8) is 0 Å². The maximum absolute atomic E-state index is 9.47. The second kappa shape index (κ2) is 4.21. The molecule has 1 aliphatic rings. The Morgan fingerprint density at radius 2 is 2.14 bits per heavy atom. The molecule has 1 nitrogen and oxygen atoms in total. The molecule has 3 heteroatoms. The lowest BCUT2D eigenvalue weighted by Crippen LogP contribution is -2.23. The summed E-state index contributed by atoms with van der Waals surface area (Å²) in [5, 5.41) is 12.4. The van der Waals surface area contributed by atoms with E-state index in [4.69, 9.17) is 11.6 Å². The first-order valence-electron chi connectivity index (χ1n) is 5.08. The molecule has 0 aliphatic heterocycles. The van der Waals surface area contributed by atoms with Crippen molar-refractivity contribution >= 4 is 22.9 Å². The molecule has 0 amide bonds. The standard InChI is InChI=1S/C11H15ClOS/c12-9-3-6-14-10(9)7-11(8-13)4-1-2-5-11/h3,6,13H,1-2,4-5,7-8H2. The van der Waals surface area contributed by atoms with Gasteiger partial charge in [-0.25, -0.2) is 0 Å². The molecule has 1 N–H and O–H groups in total. The first-order chi connectivity index (χ1) is 6.76. The van der Waals surface area contributed by atoms with E-state index >= 15 is 0 Å². The number of aliphatic hydroxyl groups excluding tert-OH is 1. The maximum atomic E-state index is 9.47. The van der Waals surface area contributed by atoms with Crippen LogP contribution in [0.15, 0.2) is 11.4 Å². The molecule has 78 valence electrons. The average Bonchev–Trinajstić information content (AvgIpc) is 2.79. The summed E-state index contributed by atoms with van der Waals surface area (Å²) in [6.45, 7) is 0.307. The van der Waals surface area contributed by atoms with Crippen LogP contribution in [-0.4, -0.2) is 11.7 Å². The van der Waals surface area contributed by atoms with E-state index < -0.39 is 0 Å². The van der Waals surface area contributed by atoms with E-state index in [0.29, 0.717) is 6.61 Å². The number of rotatable bonds is 3. The van der Waals surface area contributed by atoms with E-state index in [1.165, 1.54) is 17.7 Å². The normalized spacial score (nSPS) is 20.1. The summed E-state index contributed by atoms with van der Waals surface area (Å²) >= 11 is 7.77. The van der Waals surface area contributed by atoms with Gasteiger partial charge in [-0.1, -0.05) is 24.4 Å². The summed E-state index contributed by atoms with van der Waals surface area (Å²) in [7, 11) is 0. The summed E-state index contributed by atoms with van der Waals surface area (Å²) in [4.78, 5) is 1.24. The third kappa shape index (κ3) is 1.97. The molecule has 2 rings (SSSR count).